The number of rotatable bonds is 9. The number of nitrogens with zero attached hydrogens (tertiary/aromatic N) is 5. The van der Waals surface area contributed by atoms with Crippen molar-refractivity contribution in [1.82, 2.24) is 24.1 Å². The molecule has 0 bridgehead atoms. The van der Waals surface area contributed by atoms with Crippen LogP contribution in [0.2, 0.25) is 5.02 Å². The molecular weight excluding hydrogens is 589 g/mol. The van der Waals surface area contributed by atoms with Crippen LogP contribution in [-0.4, -0.2) is 49.9 Å². The zero-order chi connectivity index (χ0) is 30.9. The number of aryl methyl sites for hydroxylation is 2. The molecule has 0 fully saturated rings. The smallest absolute Gasteiger partial charge is 0.422 e. The number of hydrogen-bond donors (Lipinski definition) is 1. The number of halogens is 4. The van der Waals surface area contributed by atoms with E-state index in [1.807, 2.05) is 6.20 Å². The quantitative estimate of drug-likeness (QED) is 0.246. The standard InChI is InChI=1S/C29H26ClF3N6O4/c1-37-9-8-20(35-37)12-24(28(41)34-19-5-6-23-17(10-19)14-38(2)36-23)39-15-26(42-3)22(13-27(39)40)21-11-18(30)4-7-25(21)43-16-29(31,32)33/h4-11,13-15,24H,12,16H2,1-3H3,(H,34,41). The number of anilines is 1. The highest BCUT2D eigenvalue weighted by molar-refractivity contribution is 6.31. The number of pyridine rings is 1. The van der Waals surface area contributed by atoms with E-state index in [-0.39, 0.29) is 34.1 Å². The molecule has 1 N–H and O–H groups in total. The van der Waals surface area contributed by atoms with Crippen LogP contribution in [0.3, 0.4) is 0 Å². The van der Waals surface area contributed by atoms with Crippen LogP contribution < -0.4 is 20.3 Å². The van der Waals surface area contributed by atoms with E-state index in [0.29, 0.717) is 11.4 Å². The Bertz CT molecular complexity index is 1860. The third kappa shape index (κ3) is 6.83. The van der Waals surface area contributed by atoms with E-state index >= 15 is 0 Å². The highest BCUT2D eigenvalue weighted by Crippen LogP contribution is 2.38. The molecule has 3 heterocycles. The fourth-order valence-electron chi connectivity index (χ4n) is 4.68. The van der Waals surface area contributed by atoms with E-state index in [0.717, 1.165) is 10.9 Å². The number of ether oxygens (including phenoxy) is 2. The molecule has 5 rings (SSSR count). The first kappa shape index (κ1) is 29.7. The van der Waals surface area contributed by atoms with Gasteiger partial charge in [-0.15, -0.1) is 0 Å². The van der Waals surface area contributed by atoms with Crippen molar-refractivity contribution in [3.8, 4) is 22.6 Å². The Balaban J connectivity index is 1.55. The second kappa shape index (κ2) is 11.8. The summed E-state index contributed by atoms with van der Waals surface area (Å²) in [5.74, 6) is -0.539. The van der Waals surface area contributed by atoms with Crippen LogP contribution in [-0.2, 0) is 25.3 Å². The van der Waals surface area contributed by atoms with E-state index in [9.17, 15) is 22.8 Å². The van der Waals surface area contributed by atoms with Gasteiger partial charge in [-0.25, -0.2) is 0 Å². The predicted octanol–water partition coefficient (Wildman–Crippen LogP) is 5.16. The van der Waals surface area contributed by atoms with E-state index < -0.39 is 30.3 Å². The lowest BCUT2D eigenvalue weighted by Crippen LogP contribution is -2.34. The molecule has 0 aliphatic heterocycles. The summed E-state index contributed by atoms with van der Waals surface area (Å²) in [5.41, 5.74) is 1.45. The summed E-state index contributed by atoms with van der Waals surface area (Å²) < 4.78 is 53.8. The van der Waals surface area contributed by atoms with Crippen molar-refractivity contribution in [3.63, 3.8) is 0 Å². The molecule has 0 spiro atoms. The number of fused-ring (bicyclic) bond motifs is 1. The fourth-order valence-corrected chi connectivity index (χ4v) is 4.86. The van der Waals surface area contributed by atoms with Gasteiger partial charge in [0.25, 0.3) is 5.56 Å². The van der Waals surface area contributed by atoms with Crippen LogP contribution >= 0.6 is 11.6 Å². The monoisotopic (exact) mass is 614 g/mol. The second-order valence-corrected chi connectivity index (χ2v) is 10.2. The van der Waals surface area contributed by atoms with E-state index in [2.05, 4.69) is 15.5 Å². The summed E-state index contributed by atoms with van der Waals surface area (Å²) in [7, 11) is 4.86. The largest absolute Gasteiger partial charge is 0.495 e. The van der Waals surface area contributed by atoms with Gasteiger partial charge in [-0.05, 0) is 42.5 Å². The maximum atomic E-state index is 13.7. The topological polar surface area (TPSA) is 105 Å². The van der Waals surface area contributed by atoms with Crippen LogP contribution in [0.5, 0.6) is 11.5 Å². The molecule has 0 saturated carbocycles. The predicted molar refractivity (Wildman–Crippen MR) is 155 cm³/mol. The number of hydrogen-bond acceptors (Lipinski definition) is 6. The normalized spacial score (nSPS) is 12.3. The van der Waals surface area contributed by atoms with Gasteiger partial charge in [0.2, 0.25) is 5.91 Å². The van der Waals surface area contributed by atoms with E-state index in [1.165, 1.54) is 42.1 Å². The third-order valence-corrected chi connectivity index (χ3v) is 6.82. The van der Waals surface area contributed by atoms with Crippen LogP contribution in [0.15, 0.2) is 71.9 Å². The minimum Gasteiger partial charge on any atom is -0.495 e. The Kier molecular flexibility index (Phi) is 8.18. The van der Waals surface area contributed by atoms with Gasteiger partial charge in [-0.2, -0.15) is 23.4 Å². The number of methoxy groups -OCH3 is 1. The zero-order valence-corrected chi connectivity index (χ0v) is 24.0. The molecule has 0 aliphatic rings. The van der Waals surface area contributed by atoms with Gasteiger partial charge in [0.05, 0.1) is 24.5 Å². The molecule has 0 saturated heterocycles. The molecule has 1 amide bonds. The van der Waals surface area contributed by atoms with Crippen molar-refractivity contribution in [2.45, 2.75) is 18.6 Å². The SMILES string of the molecule is COc1cn(C(Cc2ccn(C)n2)C(=O)Nc2ccc3nn(C)cc3c2)c(=O)cc1-c1cc(Cl)ccc1OCC(F)(F)F. The molecule has 0 aliphatic carbocycles. The molecule has 5 aromatic rings. The van der Waals surface area contributed by atoms with Gasteiger partial charge in [0, 0.05) is 66.2 Å². The fraction of sp³-hybridized carbons (Fsp3) is 0.241. The van der Waals surface area contributed by atoms with Crippen molar-refractivity contribution < 1.29 is 27.4 Å². The Labute approximate surface area is 248 Å². The number of amides is 1. The van der Waals surface area contributed by atoms with Gasteiger partial charge >= 0.3 is 6.18 Å². The van der Waals surface area contributed by atoms with Crippen molar-refractivity contribution >= 4 is 34.1 Å². The number of carbonyl (C=O) groups is 1. The lowest BCUT2D eigenvalue weighted by molar-refractivity contribution is -0.153. The van der Waals surface area contributed by atoms with Crippen molar-refractivity contribution in [2.75, 3.05) is 19.0 Å². The molecular formula is C29H26ClF3N6O4. The summed E-state index contributed by atoms with van der Waals surface area (Å²) in [6.45, 7) is -1.54. The molecule has 10 nitrogen and oxygen atoms in total. The maximum absolute atomic E-state index is 13.7. The average molecular weight is 615 g/mol. The molecule has 0 radical (unpaired) electrons. The minimum atomic E-state index is -4.59. The summed E-state index contributed by atoms with van der Waals surface area (Å²) >= 11 is 6.15. The summed E-state index contributed by atoms with van der Waals surface area (Å²) in [6.07, 6.45) is 0.338. The molecule has 43 heavy (non-hydrogen) atoms. The van der Waals surface area contributed by atoms with E-state index in [1.54, 1.807) is 53.9 Å². The Morgan fingerprint density at radius 1 is 1.00 bits per heavy atom. The molecule has 14 heteroatoms. The number of alkyl halides is 3. The summed E-state index contributed by atoms with van der Waals surface area (Å²) in [5, 5.41) is 12.6. The van der Waals surface area contributed by atoms with Gasteiger partial charge in [0.1, 0.15) is 17.5 Å². The lowest BCUT2D eigenvalue weighted by atomic mass is 10.0. The van der Waals surface area contributed by atoms with Crippen LogP contribution in [0.4, 0.5) is 18.9 Å². The van der Waals surface area contributed by atoms with Gasteiger partial charge in [-0.3, -0.25) is 23.5 Å². The number of nitrogens with one attached hydrogen (secondary N) is 1. The Hall–Kier alpha value is -4.78. The molecule has 224 valence electrons. The lowest BCUT2D eigenvalue weighted by Gasteiger charge is -2.21. The van der Waals surface area contributed by atoms with Crippen molar-refractivity contribution in [3.05, 3.63) is 88.2 Å². The Morgan fingerprint density at radius 3 is 2.47 bits per heavy atom. The summed E-state index contributed by atoms with van der Waals surface area (Å²) in [6, 6.07) is 11.1. The van der Waals surface area contributed by atoms with Crippen molar-refractivity contribution in [2.24, 2.45) is 14.1 Å². The number of benzene rings is 2. The van der Waals surface area contributed by atoms with Crippen LogP contribution in [0.1, 0.15) is 11.7 Å². The van der Waals surface area contributed by atoms with Crippen LogP contribution in [0, 0.1) is 0 Å². The molecule has 2 aromatic carbocycles. The first-order valence-corrected chi connectivity index (χ1v) is 13.3. The first-order valence-electron chi connectivity index (χ1n) is 12.9. The van der Waals surface area contributed by atoms with Gasteiger partial charge < -0.3 is 14.8 Å². The third-order valence-electron chi connectivity index (χ3n) is 6.58. The average Bonchev–Trinajstić information content (AvgIpc) is 3.53. The van der Waals surface area contributed by atoms with E-state index in [4.69, 9.17) is 21.1 Å². The first-order chi connectivity index (χ1) is 20.4. The highest BCUT2D eigenvalue weighted by atomic mass is 35.5. The van der Waals surface area contributed by atoms with Gasteiger partial charge in [0.15, 0.2) is 6.61 Å². The zero-order valence-electron chi connectivity index (χ0n) is 23.2. The summed E-state index contributed by atoms with van der Waals surface area (Å²) in [4.78, 5) is 27.3. The molecule has 3 aromatic heterocycles. The second-order valence-electron chi connectivity index (χ2n) is 9.81. The molecule has 1 unspecified atom stereocenters. The van der Waals surface area contributed by atoms with Gasteiger partial charge in [-0.1, -0.05) is 11.6 Å². The molecule has 1 atom stereocenters. The maximum Gasteiger partial charge on any atom is 0.422 e. The number of carbonyl (C=O) groups excluding carboxylic acids is 1. The highest BCUT2D eigenvalue weighted by Gasteiger charge is 2.30. The Morgan fingerprint density at radius 2 is 1.77 bits per heavy atom. The number of aromatic nitrogens is 5. The minimum absolute atomic E-state index is 0.0569. The van der Waals surface area contributed by atoms with Crippen molar-refractivity contribution in [1.29, 1.82) is 0 Å². The van der Waals surface area contributed by atoms with Crippen LogP contribution in [0.25, 0.3) is 22.0 Å².